The van der Waals surface area contributed by atoms with Gasteiger partial charge in [-0.2, -0.15) is 0 Å². The van der Waals surface area contributed by atoms with E-state index in [4.69, 9.17) is 16.3 Å². The summed E-state index contributed by atoms with van der Waals surface area (Å²) in [5.74, 6) is 0. The fourth-order valence-corrected chi connectivity index (χ4v) is 3.71. The lowest BCUT2D eigenvalue weighted by molar-refractivity contribution is 0.163. The topological polar surface area (TPSA) is 41.6 Å². The van der Waals surface area contributed by atoms with E-state index in [1.807, 2.05) is 42.5 Å². The molecular formula is C24H23ClN2O2. The van der Waals surface area contributed by atoms with Crippen molar-refractivity contribution in [1.82, 2.24) is 0 Å². The number of amides is 1. The van der Waals surface area contributed by atoms with Gasteiger partial charge in [-0.3, -0.25) is 5.32 Å². The fraction of sp³-hybridized carbons (Fsp3) is 0.208. The highest BCUT2D eigenvalue weighted by Crippen LogP contribution is 2.31. The van der Waals surface area contributed by atoms with Crippen molar-refractivity contribution in [3.63, 3.8) is 0 Å². The van der Waals surface area contributed by atoms with E-state index in [1.165, 1.54) is 16.8 Å². The van der Waals surface area contributed by atoms with Crippen LogP contribution in [0.2, 0.25) is 5.02 Å². The molecule has 1 N–H and O–H groups in total. The Labute approximate surface area is 176 Å². The fourth-order valence-electron chi connectivity index (χ4n) is 3.58. The van der Waals surface area contributed by atoms with E-state index in [-0.39, 0.29) is 0 Å². The molecule has 0 atom stereocenters. The van der Waals surface area contributed by atoms with Crippen LogP contribution in [0.5, 0.6) is 0 Å². The minimum atomic E-state index is -0.432. The minimum Gasteiger partial charge on any atom is -0.449 e. The summed E-state index contributed by atoms with van der Waals surface area (Å²) in [6.07, 6.45) is 1.20. The molecule has 4 nitrogen and oxygen atoms in total. The molecule has 1 amide bonds. The first-order valence-electron chi connectivity index (χ1n) is 9.77. The van der Waals surface area contributed by atoms with Crippen LogP contribution >= 0.6 is 11.6 Å². The first-order chi connectivity index (χ1) is 14.2. The molecule has 29 heavy (non-hydrogen) atoms. The minimum absolute atomic E-state index is 0.323. The van der Waals surface area contributed by atoms with E-state index >= 15 is 0 Å². The van der Waals surface area contributed by atoms with Crippen LogP contribution in [0.25, 0.3) is 0 Å². The van der Waals surface area contributed by atoms with Crippen LogP contribution in [0, 0.1) is 0 Å². The first-order valence-corrected chi connectivity index (χ1v) is 10.2. The summed E-state index contributed by atoms with van der Waals surface area (Å²) >= 11 is 5.88. The lowest BCUT2D eigenvalue weighted by Crippen LogP contribution is -2.19. The maximum Gasteiger partial charge on any atom is 0.411 e. The average Bonchev–Trinajstić information content (AvgIpc) is 3.12. The molecule has 3 aromatic rings. The Kier molecular flexibility index (Phi) is 6.01. The van der Waals surface area contributed by atoms with Gasteiger partial charge in [0.2, 0.25) is 0 Å². The molecule has 5 heteroatoms. The summed E-state index contributed by atoms with van der Waals surface area (Å²) in [5.41, 5.74) is 5.63. The standard InChI is InChI=1S/C24H23ClN2O2/c25-21-8-6-18(7-9-21)13-15-29-24(28)26-22-10-11-23-20(16-22)12-14-27(23)17-19-4-2-1-3-5-19/h1-11,16H,12-15,17H2,(H,26,28). The predicted molar refractivity (Wildman–Crippen MR) is 118 cm³/mol. The lowest BCUT2D eigenvalue weighted by Gasteiger charge is -2.19. The molecule has 0 aromatic heterocycles. The highest BCUT2D eigenvalue weighted by atomic mass is 35.5. The van der Waals surface area contributed by atoms with Crippen molar-refractivity contribution >= 4 is 29.1 Å². The number of halogens is 1. The number of anilines is 2. The second-order valence-electron chi connectivity index (χ2n) is 7.14. The molecule has 4 rings (SSSR count). The second-order valence-corrected chi connectivity index (χ2v) is 7.57. The number of hydrogen-bond acceptors (Lipinski definition) is 3. The van der Waals surface area contributed by atoms with Gasteiger partial charge in [0.05, 0.1) is 6.61 Å². The quantitative estimate of drug-likeness (QED) is 0.571. The average molecular weight is 407 g/mol. The molecule has 1 aliphatic heterocycles. The molecule has 0 fully saturated rings. The Balaban J connectivity index is 1.30. The van der Waals surface area contributed by atoms with Crippen molar-refractivity contribution in [2.24, 2.45) is 0 Å². The van der Waals surface area contributed by atoms with Gasteiger partial charge in [0.1, 0.15) is 0 Å². The molecule has 0 unspecified atom stereocenters. The van der Waals surface area contributed by atoms with Gasteiger partial charge in [-0.1, -0.05) is 54.1 Å². The van der Waals surface area contributed by atoms with Gasteiger partial charge in [0.25, 0.3) is 0 Å². The van der Waals surface area contributed by atoms with Crippen LogP contribution in [0.15, 0.2) is 72.8 Å². The number of carbonyl (C=O) groups is 1. The highest BCUT2D eigenvalue weighted by molar-refractivity contribution is 6.30. The number of carbonyl (C=O) groups excluding carboxylic acids is 1. The van der Waals surface area contributed by atoms with E-state index in [0.29, 0.717) is 18.1 Å². The molecule has 0 radical (unpaired) electrons. The molecule has 0 spiro atoms. The lowest BCUT2D eigenvalue weighted by atomic mass is 10.1. The van der Waals surface area contributed by atoms with Crippen molar-refractivity contribution in [3.05, 3.63) is 94.5 Å². The maximum absolute atomic E-state index is 12.1. The third-order valence-corrected chi connectivity index (χ3v) is 5.32. The number of hydrogen-bond donors (Lipinski definition) is 1. The van der Waals surface area contributed by atoms with Gasteiger partial charge >= 0.3 is 6.09 Å². The van der Waals surface area contributed by atoms with Gasteiger partial charge in [0.15, 0.2) is 0 Å². The first kappa shape index (κ1) is 19.3. The Morgan fingerprint density at radius 1 is 1.00 bits per heavy atom. The molecule has 1 aliphatic rings. The summed E-state index contributed by atoms with van der Waals surface area (Å²) in [6, 6.07) is 24.1. The summed E-state index contributed by atoms with van der Waals surface area (Å²) < 4.78 is 5.31. The highest BCUT2D eigenvalue weighted by Gasteiger charge is 2.19. The van der Waals surface area contributed by atoms with E-state index < -0.39 is 6.09 Å². The number of benzene rings is 3. The number of rotatable bonds is 6. The summed E-state index contributed by atoms with van der Waals surface area (Å²) in [4.78, 5) is 14.5. The molecular weight excluding hydrogens is 384 g/mol. The van der Waals surface area contributed by atoms with Gasteiger partial charge in [-0.25, -0.2) is 4.79 Å². The third-order valence-electron chi connectivity index (χ3n) is 5.07. The SMILES string of the molecule is O=C(Nc1ccc2c(c1)CCN2Cc1ccccc1)OCCc1ccc(Cl)cc1. The normalized spacial score (nSPS) is 12.5. The van der Waals surface area contributed by atoms with Crippen molar-refractivity contribution in [3.8, 4) is 0 Å². The van der Waals surface area contributed by atoms with Crippen LogP contribution < -0.4 is 10.2 Å². The van der Waals surface area contributed by atoms with E-state index in [2.05, 4.69) is 40.5 Å². The Morgan fingerprint density at radius 3 is 2.59 bits per heavy atom. The molecule has 0 aliphatic carbocycles. The Hall–Kier alpha value is -2.98. The maximum atomic E-state index is 12.1. The molecule has 0 bridgehead atoms. The van der Waals surface area contributed by atoms with Crippen LogP contribution in [0.4, 0.5) is 16.2 Å². The third kappa shape index (κ3) is 5.09. The molecule has 1 heterocycles. The van der Waals surface area contributed by atoms with Gasteiger partial charge in [0, 0.05) is 35.9 Å². The zero-order valence-electron chi connectivity index (χ0n) is 16.1. The smallest absolute Gasteiger partial charge is 0.411 e. The summed E-state index contributed by atoms with van der Waals surface area (Å²) in [6.45, 7) is 2.20. The van der Waals surface area contributed by atoms with Gasteiger partial charge in [-0.05, 0) is 53.4 Å². The number of nitrogens with zero attached hydrogens (tertiary/aromatic N) is 1. The zero-order chi connectivity index (χ0) is 20.1. The van der Waals surface area contributed by atoms with E-state index in [1.54, 1.807) is 0 Å². The van der Waals surface area contributed by atoms with Crippen LogP contribution in [0.3, 0.4) is 0 Å². The molecule has 0 saturated carbocycles. The number of ether oxygens (including phenoxy) is 1. The largest absolute Gasteiger partial charge is 0.449 e. The molecule has 0 saturated heterocycles. The monoisotopic (exact) mass is 406 g/mol. The second kappa shape index (κ2) is 9.01. The molecule has 148 valence electrons. The van der Waals surface area contributed by atoms with E-state index in [9.17, 15) is 4.79 Å². The Bertz CT molecular complexity index is 974. The number of fused-ring (bicyclic) bond motifs is 1. The van der Waals surface area contributed by atoms with Gasteiger partial charge < -0.3 is 9.64 Å². The van der Waals surface area contributed by atoms with E-state index in [0.717, 1.165) is 30.8 Å². The predicted octanol–water partition coefficient (Wildman–Crippen LogP) is 5.69. The van der Waals surface area contributed by atoms with Gasteiger partial charge in [-0.15, -0.1) is 0 Å². The zero-order valence-corrected chi connectivity index (χ0v) is 16.9. The van der Waals surface area contributed by atoms with Crippen LogP contribution in [0.1, 0.15) is 16.7 Å². The van der Waals surface area contributed by atoms with Crippen molar-refractivity contribution < 1.29 is 9.53 Å². The van der Waals surface area contributed by atoms with Crippen molar-refractivity contribution in [1.29, 1.82) is 0 Å². The van der Waals surface area contributed by atoms with Crippen LogP contribution in [-0.2, 0) is 24.1 Å². The number of nitrogens with one attached hydrogen (secondary N) is 1. The van der Waals surface area contributed by atoms with Crippen LogP contribution in [-0.4, -0.2) is 19.2 Å². The van der Waals surface area contributed by atoms with Crippen molar-refractivity contribution in [2.45, 2.75) is 19.4 Å². The summed E-state index contributed by atoms with van der Waals surface area (Å²) in [7, 11) is 0. The molecule has 3 aromatic carbocycles. The van der Waals surface area contributed by atoms with Crippen molar-refractivity contribution in [2.75, 3.05) is 23.4 Å². The Morgan fingerprint density at radius 2 is 1.79 bits per heavy atom. The summed E-state index contributed by atoms with van der Waals surface area (Å²) in [5, 5.41) is 3.53.